The molecule has 1 unspecified atom stereocenters. The van der Waals surface area contributed by atoms with Gasteiger partial charge in [0.25, 0.3) is 0 Å². The quantitative estimate of drug-likeness (QED) is 0.216. The van der Waals surface area contributed by atoms with Crippen LogP contribution in [0.4, 0.5) is 4.39 Å². The fourth-order valence-electron chi connectivity index (χ4n) is 6.11. The van der Waals surface area contributed by atoms with Gasteiger partial charge in [0, 0.05) is 16.5 Å². The maximum absolute atomic E-state index is 15.2. The number of carbonyl (C=O) groups excluding carboxylic acids is 1. The molecule has 1 heterocycles. The Morgan fingerprint density at radius 3 is 2.60 bits per heavy atom. The van der Waals surface area contributed by atoms with Gasteiger partial charge in [0.2, 0.25) is 0 Å². The van der Waals surface area contributed by atoms with Crippen molar-refractivity contribution in [1.29, 1.82) is 0 Å². The van der Waals surface area contributed by atoms with Crippen molar-refractivity contribution in [2.45, 2.75) is 77.6 Å². The monoisotopic (exact) mass is 590 g/mol. The zero-order chi connectivity index (χ0) is 30.6. The zero-order valence-corrected chi connectivity index (χ0v) is 25.7. The smallest absolute Gasteiger partial charge is 0.306 e. The molecular formula is C36H43FO6. The summed E-state index contributed by atoms with van der Waals surface area (Å²) >= 11 is 0. The van der Waals surface area contributed by atoms with E-state index in [9.17, 15) is 9.90 Å². The molecule has 1 saturated carbocycles. The van der Waals surface area contributed by atoms with Gasteiger partial charge < -0.3 is 24.1 Å². The summed E-state index contributed by atoms with van der Waals surface area (Å²) in [4.78, 5) is 12.3. The van der Waals surface area contributed by atoms with Gasteiger partial charge >= 0.3 is 5.97 Å². The van der Waals surface area contributed by atoms with E-state index in [1.165, 1.54) is 18.9 Å². The molecule has 6 nitrogen and oxygen atoms in total. The van der Waals surface area contributed by atoms with Crippen LogP contribution >= 0.6 is 0 Å². The summed E-state index contributed by atoms with van der Waals surface area (Å²) in [5.41, 5.74) is 2.63. The second kappa shape index (κ2) is 13.1. The van der Waals surface area contributed by atoms with E-state index in [4.69, 9.17) is 18.9 Å². The van der Waals surface area contributed by atoms with Crippen LogP contribution in [0.3, 0.4) is 0 Å². The molecule has 1 aliphatic heterocycles. The Morgan fingerprint density at radius 2 is 1.88 bits per heavy atom. The summed E-state index contributed by atoms with van der Waals surface area (Å²) < 4.78 is 38.2. The van der Waals surface area contributed by atoms with E-state index >= 15 is 4.39 Å². The van der Waals surface area contributed by atoms with E-state index in [0.29, 0.717) is 53.7 Å². The van der Waals surface area contributed by atoms with Crippen LogP contribution in [-0.2, 0) is 26.7 Å². The molecule has 1 aliphatic carbocycles. The number of aliphatic hydroxyl groups is 1. The fraction of sp³-hybridized carbons (Fsp3) is 0.472. The molecule has 43 heavy (non-hydrogen) atoms. The summed E-state index contributed by atoms with van der Waals surface area (Å²) in [7, 11) is 1.54. The highest BCUT2D eigenvalue weighted by atomic mass is 19.1. The molecule has 0 radical (unpaired) electrons. The Labute approximate surface area is 254 Å². The van der Waals surface area contributed by atoms with Gasteiger partial charge in [-0.05, 0) is 91.1 Å². The third-order valence-electron chi connectivity index (χ3n) is 8.86. The highest BCUT2D eigenvalue weighted by Gasteiger charge is 2.49. The highest BCUT2D eigenvalue weighted by molar-refractivity contribution is 5.71. The van der Waals surface area contributed by atoms with E-state index in [1.807, 2.05) is 63.2 Å². The van der Waals surface area contributed by atoms with E-state index in [1.54, 1.807) is 19.2 Å². The van der Waals surface area contributed by atoms with Gasteiger partial charge in [0.05, 0.1) is 26.7 Å². The third kappa shape index (κ3) is 7.05. The zero-order valence-electron chi connectivity index (χ0n) is 25.7. The van der Waals surface area contributed by atoms with Crippen LogP contribution < -0.4 is 9.47 Å². The minimum absolute atomic E-state index is 0.0821. The van der Waals surface area contributed by atoms with Crippen LogP contribution in [0.2, 0.25) is 0 Å². The summed E-state index contributed by atoms with van der Waals surface area (Å²) in [6.07, 6.45) is 5.32. The van der Waals surface area contributed by atoms with Crippen LogP contribution in [-0.4, -0.2) is 31.4 Å². The van der Waals surface area contributed by atoms with E-state index in [0.717, 1.165) is 30.4 Å². The molecule has 230 valence electrons. The first kappa shape index (κ1) is 31.0. The molecule has 3 aromatic rings. The topological polar surface area (TPSA) is 74.2 Å². The Bertz CT molecular complexity index is 1430. The SMILES string of the molecule is CCOC(=O)CC(CC1CC1)c1cccc(OCc2ccc(-c3cc(OC)ccc3F)c([C@@]3(O)OCCCC3(C)C)c2)c1. The molecule has 5 rings (SSSR count). The minimum Gasteiger partial charge on any atom is -0.497 e. The van der Waals surface area contributed by atoms with Gasteiger partial charge in [0.15, 0.2) is 5.79 Å². The summed E-state index contributed by atoms with van der Waals surface area (Å²) in [6.45, 7) is 6.79. The molecule has 2 aliphatic rings. The largest absolute Gasteiger partial charge is 0.497 e. The van der Waals surface area contributed by atoms with Crippen molar-refractivity contribution in [1.82, 2.24) is 0 Å². The van der Waals surface area contributed by atoms with Crippen molar-refractivity contribution < 1.29 is 33.2 Å². The Morgan fingerprint density at radius 1 is 1.07 bits per heavy atom. The van der Waals surface area contributed by atoms with Gasteiger partial charge in [-0.1, -0.05) is 51.0 Å². The van der Waals surface area contributed by atoms with Gasteiger partial charge in [-0.3, -0.25) is 4.79 Å². The molecule has 0 amide bonds. The number of halogens is 1. The lowest BCUT2D eigenvalue weighted by Crippen LogP contribution is -2.48. The predicted molar refractivity (Wildman–Crippen MR) is 163 cm³/mol. The molecule has 1 N–H and O–H groups in total. The molecular weight excluding hydrogens is 547 g/mol. The number of carbonyl (C=O) groups is 1. The molecule has 3 aromatic carbocycles. The van der Waals surface area contributed by atoms with Crippen LogP contribution in [0.5, 0.6) is 11.5 Å². The maximum Gasteiger partial charge on any atom is 0.306 e. The maximum atomic E-state index is 15.2. The van der Waals surface area contributed by atoms with E-state index in [2.05, 4.69) is 0 Å². The summed E-state index contributed by atoms with van der Waals surface area (Å²) in [6, 6.07) is 18.1. The second-order valence-corrected chi connectivity index (χ2v) is 12.5. The Hall–Kier alpha value is -3.42. The molecule has 0 aromatic heterocycles. The number of hydrogen-bond acceptors (Lipinski definition) is 6. The molecule has 2 atom stereocenters. The van der Waals surface area contributed by atoms with Crippen LogP contribution in [0.1, 0.15) is 81.9 Å². The summed E-state index contributed by atoms with van der Waals surface area (Å²) in [5.74, 6) is -0.261. The first-order chi connectivity index (χ1) is 20.6. The van der Waals surface area contributed by atoms with Crippen LogP contribution in [0.25, 0.3) is 11.1 Å². The molecule has 0 spiro atoms. The highest BCUT2D eigenvalue weighted by Crippen LogP contribution is 2.50. The first-order valence-corrected chi connectivity index (χ1v) is 15.4. The lowest BCUT2D eigenvalue weighted by Gasteiger charge is -2.47. The van der Waals surface area contributed by atoms with Crippen LogP contribution in [0.15, 0.2) is 60.7 Å². The Kier molecular flexibility index (Phi) is 9.42. The van der Waals surface area contributed by atoms with Gasteiger partial charge in [-0.2, -0.15) is 0 Å². The van der Waals surface area contributed by atoms with Crippen molar-refractivity contribution in [2.75, 3.05) is 20.3 Å². The number of ether oxygens (including phenoxy) is 4. The Balaban J connectivity index is 1.44. The number of benzene rings is 3. The van der Waals surface area contributed by atoms with Gasteiger partial charge in [-0.25, -0.2) is 4.39 Å². The van der Waals surface area contributed by atoms with Crippen molar-refractivity contribution in [3.63, 3.8) is 0 Å². The number of hydrogen-bond donors (Lipinski definition) is 1. The molecule has 1 saturated heterocycles. The van der Waals surface area contributed by atoms with Gasteiger partial charge in [0.1, 0.15) is 23.9 Å². The van der Waals surface area contributed by atoms with E-state index < -0.39 is 17.0 Å². The number of esters is 1. The van der Waals surface area contributed by atoms with Gasteiger partial charge in [-0.15, -0.1) is 0 Å². The predicted octanol–water partition coefficient (Wildman–Crippen LogP) is 7.90. The second-order valence-electron chi connectivity index (χ2n) is 12.5. The minimum atomic E-state index is -1.63. The average Bonchev–Trinajstić information content (AvgIpc) is 3.82. The lowest BCUT2D eigenvalue weighted by molar-refractivity contribution is -0.297. The van der Waals surface area contributed by atoms with Crippen molar-refractivity contribution in [2.24, 2.45) is 11.3 Å². The van der Waals surface area contributed by atoms with Crippen molar-refractivity contribution in [3.05, 3.63) is 83.2 Å². The third-order valence-corrected chi connectivity index (χ3v) is 8.86. The standard InChI is InChI=1S/C36H43FO6/c1-5-41-34(38)21-27(18-24-10-11-24)26-8-6-9-29(20-26)42-23-25-12-14-30(31-22-28(40-4)13-15-33(31)37)32(19-25)36(39)35(2,3)16-7-17-43-36/h6,8-9,12-15,19-20,22,24,27,39H,5,7,10-11,16-18,21,23H2,1-4H3/t27?,36-/m1/s1. The summed E-state index contributed by atoms with van der Waals surface area (Å²) in [5, 5.41) is 12.1. The number of methoxy groups -OCH3 is 1. The first-order valence-electron chi connectivity index (χ1n) is 15.4. The van der Waals surface area contributed by atoms with Crippen molar-refractivity contribution in [3.8, 4) is 22.6 Å². The molecule has 7 heteroatoms. The molecule has 2 fully saturated rings. The fourth-order valence-corrected chi connectivity index (χ4v) is 6.11. The molecule has 0 bridgehead atoms. The number of rotatable bonds is 12. The average molecular weight is 591 g/mol. The van der Waals surface area contributed by atoms with E-state index in [-0.39, 0.29) is 18.5 Å². The lowest BCUT2D eigenvalue weighted by atomic mass is 9.72. The van der Waals surface area contributed by atoms with Crippen LogP contribution in [0, 0.1) is 17.2 Å². The van der Waals surface area contributed by atoms with Crippen molar-refractivity contribution >= 4 is 5.97 Å². The normalized spacial score (nSPS) is 20.3.